The van der Waals surface area contributed by atoms with Gasteiger partial charge in [-0.25, -0.2) is 8.42 Å². The summed E-state index contributed by atoms with van der Waals surface area (Å²) in [4.78, 5) is 14.5. The van der Waals surface area contributed by atoms with Gasteiger partial charge in [0.05, 0.1) is 10.3 Å². The van der Waals surface area contributed by atoms with Crippen LogP contribution in [-0.4, -0.2) is 59.5 Å². The normalized spacial score (nSPS) is 15.6. The van der Waals surface area contributed by atoms with Crippen molar-refractivity contribution in [3.05, 3.63) is 69.8 Å². The molecule has 10 heteroatoms. The van der Waals surface area contributed by atoms with Crippen LogP contribution in [0.25, 0.3) is 0 Å². The fourth-order valence-electron chi connectivity index (χ4n) is 3.21. The largest absolute Gasteiger partial charge is 0.336 e. The lowest BCUT2D eigenvalue weighted by Crippen LogP contribution is -2.50. The molecule has 1 aliphatic rings. The van der Waals surface area contributed by atoms with Crippen molar-refractivity contribution < 1.29 is 13.2 Å². The second-order valence-corrected chi connectivity index (χ2v) is 11.3. The average Bonchev–Trinajstić information content (AvgIpc) is 3.40. The van der Waals surface area contributed by atoms with Gasteiger partial charge in [-0.1, -0.05) is 12.1 Å². The van der Waals surface area contributed by atoms with Crippen LogP contribution in [0.2, 0.25) is 0 Å². The number of hydrogen-bond donors (Lipinski definition) is 0. The molecule has 152 valence electrons. The summed E-state index contributed by atoms with van der Waals surface area (Å²) in [6.45, 7) is 1.98. The molecule has 0 unspecified atom stereocenters. The standard InChI is InChI=1S/C19H19BrN4O3S2/c20-17-6-7-18(28-17)29(26,27)24-12-10-22(11-13-24)19(25)16-4-2-15(3-5-16)14-23-9-1-8-21-23/h1-9H,10-14H2. The number of rotatable bonds is 5. The van der Waals surface area contributed by atoms with Crippen LogP contribution in [0, 0.1) is 0 Å². The van der Waals surface area contributed by atoms with Crippen molar-refractivity contribution in [3.8, 4) is 0 Å². The molecular weight excluding hydrogens is 476 g/mol. The predicted molar refractivity (Wildman–Crippen MR) is 114 cm³/mol. The van der Waals surface area contributed by atoms with Gasteiger partial charge in [0.25, 0.3) is 15.9 Å². The van der Waals surface area contributed by atoms with Gasteiger partial charge in [-0.3, -0.25) is 9.48 Å². The summed E-state index contributed by atoms with van der Waals surface area (Å²) in [5, 5.41) is 4.18. The van der Waals surface area contributed by atoms with Gasteiger partial charge in [0.1, 0.15) is 4.21 Å². The number of amides is 1. The molecule has 0 saturated carbocycles. The SMILES string of the molecule is O=C(c1ccc(Cn2cccn2)cc1)N1CCN(S(=O)(=O)c2ccc(Br)s2)CC1. The molecule has 0 spiro atoms. The van der Waals surface area contributed by atoms with Gasteiger partial charge in [0, 0.05) is 44.1 Å². The van der Waals surface area contributed by atoms with E-state index in [9.17, 15) is 13.2 Å². The number of benzene rings is 1. The minimum atomic E-state index is -3.51. The highest BCUT2D eigenvalue weighted by Crippen LogP contribution is 2.29. The summed E-state index contributed by atoms with van der Waals surface area (Å²) in [6, 6.07) is 12.7. The Labute approximate surface area is 181 Å². The molecule has 4 rings (SSSR count). The van der Waals surface area contributed by atoms with E-state index in [0.717, 1.165) is 9.35 Å². The molecular formula is C19H19BrN4O3S2. The monoisotopic (exact) mass is 494 g/mol. The van der Waals surface area contributed by atoms with E-state index in [4.69, 9.17) is 0 Å². The zero-order valence-corrected chi connectivity index (χ0v) is 18.7. The average molecular weight is 495 g/mol. The van der Waals surface area contributed by atoms with E-state index in [1.54, 1.807) is 23.2 Å². The maximum atomic E-state index is 12.8. The zero-order valence-electron chi connectivity index (χ0n) is 15.4. The number of nitrogens with zero attached hydrogens (tertiary/aromatic N) is 4. The Kier molecular flexibility index (Phi) is 5.86. The Hall–Kier alpha value is -2.01. The molecule has 7 nitrogen and oxygen atoms in total. The quantitative estimate of drug-likeness (QED) is 0.546. The summed E-state index contributed by atoms with van der Waals surface area (Å²) in [5.74, 6) is -0.0773. The molecule has 1 fully saturated rings. The van der Waals surface area contributed by atoms with Crippen molar-refractivity contribution >= 4 is 43.2 Å². The first-order valence-corrected chi connectivity index (χ1v) is 12.1. The summed E-state index contributed by atoms with van der Waals surface area (Å²) in [5.41, 5.74) is 1.66. The molecule has 0 aliphatic carbocycles. The number of halogens is 1. The number of sulfonamides is 1. The van der Waals surface area contributed by atoms with Gasteiger partial charge in [-0.05, 0) is 51.8 Å². The van der Waals surface area contributed by atoms with Crippen LogP contribution in [0.15, 0.2) is 62.9 Å². The molecule has 0 N–H and O–H groups in total. The van der Waals surface area contributed by atoms with Crippen LogP contribution in [-0.2, 0) is 16.6 Å². The first kappa shape index (κ1) is 20.3. The predicted octanol–water partition coefficient (Wildman–Crippen LogP) is 2.90. The highest BCUT2D eigenvalue weighted by molar-refractivity contribution is 9.11. The lowest BCUT2D eigenvalue weighted by atomic mass is 10.1. The summed E-state index contributed by atoms with van der Waals surface area (Å²) >= 11 is 4.50. The van der Waals surface area contributed by atoms with Crippen molar-refractivity contribution in [2.75, 3.05) is 26.2 Å². The van der Waals surface area contributed by atoms with Crippen LogP contribution in [0.4, 0.5) is 0 Å². The number of hydrogen-bond acceptors (Lipinski definition) is 5. The molecule has 1 amide bonds. The Morgan fingerprint density at radius 2 is 1.79 bits per heavy atom. The number of piperazine rings is 1. The van der Waals surface area contributed by atoms with E-state index in [-0.39, 0.29) is 5.91 Å². The highest BCUT2D eigenvalue weighted by atomic mass is 79.9. The molecule has 1 saturated heterocycles. The summed E-state index contributed by atoms with van der Waals surface area (Å²) in [6.07, 6.45) is 3.62. The van der Waals surface area contributed by atoms with Gasteiger partial charge in [0.15, 0.2) is 0 Å². The minimum absolute atomic E-state index is 0.0773. The Morgan fingerprint density at radius 3 is 2.38 bits per heavy atom. The third-order valence-electron chi connectivity index (χ3n) is 4.77. The van der Waals surface area contributed by atoms with Crippen LogP contribution in [0.1, 0.15) is 15.9 Å². The number of carbonyl (C=O) groups is 1. The van der Waals surface area contributed by atoms with Gasteiger partial charge < -0.3 is 4.90 Å². The van der Waals surface area contributed by atoms with E-state index in [1.165, 1.54) is 15.6 Å². The fraction of sp³-hybridized carbons (Fsp3) is 0.263. The highest BCUT2D eigenvalue weighted by Gasteiger charge is 2.31. The van der Waals surface area contributed by atoms with Gasteiger partial charge >= 0.3 is 0 Å². The zero-order chi connectivity index (χ0) is 20.4. The molecule has 0 atom stereocenters. The molecule has 1 aliphatic heterocycles. The van der Waals surface area contributed by atoms with E-state index < -0.39 is 10.0 Å². The van der Waals surface area contributed by atoms with Crippen molar-refractivity contribution in [1.29, 1.82) is 0 Å². The Morgan fingerprint density at radius 1 is 1.07 bits per heavy atom. The molecule has 1 aromatic carbocycles. The topological polar surface area (TPSA) is 75.5 Å². The van der Waals surface area contributed by atoms with E-state index in [0.29, 0.717) is 42.5 Å². The Bertz CT molecular complexity index is 1090. The van der Waals surface area contributed by atoms with Crippen LogP contribution >= 0.6 is 27.3 Å². The van der Waals surface area contributed by atoms with E-state index in [2.05, 4.69) is 21.0 Å². The van der Waals surface area contributed by atoms with Crippen molar-refractivity contribution in [2.24, 2.45) is 0 Å². The number of thiophene rings is 1. The van der Waals surface area contributed by atoms with Crippen LogP contribution in [0.5, 0.6) is 0 Å². The summed E-state index contributed by atoms with van der Waals surface area (Å²) in [7, 11) is -3.51. The molecule has 3 heterocycles. The van der Waals surface area contributed by atoms with Crippen LogP contribution < -0.4 is 0 Å². The second-order valence-electron chi connectivity index (χ2n) is 6.66. The lowest BCUT2D eigenvalue weighted by molar-refractivity contribution is 0.0698. The molecule has 29 heavy (non-hydrogen) atoms. The fourth-order valence-corrected chi connectivity index (χ4v) is 6.80. The number of carbonyl (C=O) groups excluding carboxylic acids is 1. The Balaban J connectivity index is 1.37. The smallest absolute Gasteiger partial charge is 0.253 e. The third kappa shape index (κ3) is 4.45. The molecule has 3 aromatic rings. The minimum Gasteiger partial charge on any atom is -0.336 e. The molecule has 2 aromatic heterocycles. The maximum absolute atomic E-state index is 12.8. The van der Waals surface area contributed by atoms with Gasteiger partial charge in [-0.2, -0.15) is 9.40 Å². The second kappa shape index (κ2) is 8.39. The molecule has 0 bridgehead atoms. The van der Waals surface area contributed by atoms with Crippen molar-refractivity contribution in [2.45, 2.75) is 10.8 Å². The first-order chi connectivity index (χ1) is 13.9. The molecule has 0 radical (unpaired) electrons. The first-order valence-electron chi connectivity index (χ1n) is 9.04. The summed E-state index contributed by atoms with van der Waals surface area (Å²) < 4.78 is 29.8. The van der Waals surface area contributed by atoms with Crippen LogP contribution in [0.3, 0.4) is 0 Å². The van der Waals surface area contributed by atoms with Crippen molar-refractivity contribution in [3.63, 3.8) is 0 Å². The van der Waals surface area contributed by atoms with E-state index in [1.807, 2.05) is 41.2 Å². The van der Waals surface area contributed by atoms with E-state index >= 15 is 0 Å². The number of aromatic nitrogens is 2. The van der Waals surface area contributed by atoms with Gasteiger partial charge in [-0.15, -0.1) is 11.3 Å². The maximum Gasteiger partial charge on any atom is 0.253 e. The van der Waals surface area contributed by atoms with Gasteiger partial charge in [0.2, 0.25) is 0 Å². The van der Waals surface area contributed by atoms with Crippen molar-refractivity contribution in [1.82, 2.24) is 19.0 Å². The third-order valence-corrected chi connectivity index (χ3v) is 8.76. The lowest BCUT2D eigenvalue weighted by Gasteiger charge is -2.33.